The molecule has 0 unspecified atom stereocenters. The molecule has 0 amide bonds. The number of aryl methyl sites for hydroxylation is 1. The van der Waals surface area contributed by atoms with Gasteiger partial charge in [-0.3, -0.25) is 0 Å². The largest absolute Gasteiger partial charge is 0.377 e. The summed E-state index contributed by atoms with van der Waals surface area (Å²) in [6.45, 7) is 5.38. The van der Waals surface area contributed by atoms with Crippen molar-refractivity contribution in [2.45, 2.75) is 16.7 Å². The molecule has 0 saturated carbocycles. The van der Waals surface area contributed by atoms with Gasteiger partial charge in [0.2, 0.25) is 0 Å². The third-order valence-corrected chi connectivity index (χ3v) is 7.35. The van der Waals surface area contributed by atoms with Gasteiger partial charge in [0.05, 0.1) is 19.8 Å². The molecule has 6 nitrogen and oxygen atoms in total. The molecule has 2 aliphatic heterocycles. The Hall–Kier alpha value is -0.510. The summed E-state index contributed by atoms with van der Waals surface area (Å²) in [5.74, 6) is 0. The first-order chi connectivity index (χ1) is 10.0. The van der Waals surface area contributed by atoms with Crippen molar-refractivity contribution in [1.82, 2.24) is 9.62 Å². The number of nitrogens with zero attached hydrogens (tertiary/aromatic N) is 1. The molecule has 1 N–H and O–H groups in total. The monoisotopic (exact) mass is 332 g/mol. The van der Waals surface area contributed by atoms with E-state index in [2.05, 4.69) is 5.32 Å². The Bertz CT molecular complexity index is 591. The van der Waals surface area contributed by atoms with Crippen LogP contribution in [0.2, 0.25) is 0 Å². The average Bonchev–Trinajstić information content (AvgIpc) is 2.78. The van der Waals surface area contributed by atoms with Crippen LogP contribution in [0.3, 0.4) is 0 Å². The summed E-state index contributed by atoms with van der Waals surface area (Å²) in [6.07, 6.45) is 0. The molecule has 118 valence electrons. The Balaban J connectivity index is 1.84. The number of thiophene rings is 1. The number of hydrogen-bond donors (Lipinski definition) is 1. The van der Waals surface area contributed by atoms with Gasteiger partial charge in [-0.25, -0.2) is 8.42 Å². The van der Waals surface area contributed by atoms with E-state index >= 15 is 0 Å². The van der Waals surface area contributed by atoms with Crippen LogP contribution in [0.4, 0.5) is 0 Å². The molecule has 3 heterocycles. The molecule has 1 aromatic heterocycles. The number of hydrogen-bond acceptors (Lipinski definition) is 6. The quantitative estimate of drug-likeness (QED) is 0.851. The summed E-state index contributed by atoms with van der Waals surface area (Å²) in [5, 5.41) is 5.07. The van der Waals surface area contributed by atoms with Gasteiger partial charge in [0.15, 0.2) is 0 Å². The van der Waals surface area contributed by atoms with Gasteiger partial charge < -0.3 is 14.8 Å². The zero-order valence-corrected chi connectivity index (χ0v) is 13.6. The van der Waals surface area contributed by atoms with Crippen molar-refractivity contribution in [2.24, 2.45) is 0 Å². The first-order valence-corrected chi connectivity index (χ1v) is 9.32. The second-order valence-corrected chi connectivity index (χ2v) is 8.54. The number of ether oxygens (including phenoxy) is 2. The third kappa shape index (κ3) is 3.01. The summed E-state index contributed by atoms with van der Waals surface area (Å²) in [5.41, 5.74) is 0.225. The number of sulfonamides is 1. The summed E-state index contributed by atoms with van der Waals surface area (Å²) in [4.78, 5) is 0. The minimum atomic E-state index is -3.45. The number of morpholine rings is 1. The lowest BCUT2D eigenvalue weighted by Crippen LogP contribution is -2.59. The van der Waals surface area contributed by atoms with E-state index < -0.39 is 15.6 Å². The van der Waals surface area contributed by atoms with Gasteiger partial charge >= 0.3 is 0 Å². The van der Waals surface area contributed by atoms with Crippen LogP contribution in [-0.4, -0.2) is 64.3 Å². The first-order valence-electron chi connectivity index (χ1n) is 7.00. The number of rotatable bonds is 2. The van der Waals surface area contributed by atoms with Crippen LogP contribution in [-0.2, 0) is 19.5 Å². The highest BCUT2D eigenvalue weighted by molar-refractivity contribution is 7.91. The van der Waals surface area contributed by atoms with Gasteiger partial charge in [-0.15, -0.1) is 11.3 Å². The summed E-state index contributed by atoms with van der Waals surface area (Å²) < 4.78 is 39.0. The van der Waals surface area contributed by atoms with Gasteiger partial charge in [0.25, 0.3) is 10.0 Å². The molecule has 0 radical (unpaired) electrons. The minimum absolute atomic E-state index is 0.333. The van der Waals surface area contributed by atoms with Crippen LogP contribution in [0, 0.1) is 6.92 Å². The molecule has 2 fully saturated rings. The lowest BCUT2D eigenvalue weighted by atomic mass is 10.0. The maximum Gasteiger partial charge on any atom is 0.252 e. The van der Waals surface area contributed by atoms with Crippen molar-refractivity contribution in [3.8, 4) is 0 Å². The zero-order chi connectivity index (χ0) is 14.9. The van der Waals surface area contributed by atoms with Gasteiger partial charge in [0, 0.05) is 26.2 Å². The highest BCUT2D eigenvalue weighted by Gasteiger charge is 2.42. The van der Waals surface area contributed by atoms with Crippen LogP contribution in [0.5, 0.6) is 0 Å². The molecular weight excluding hydrogens is 312 g/mol. The van der Waals surface area contributed by atoms with Crippen LogP contribution in [0.25, 0.3) is 0 Å². The molecule has 0 aromatic carbocycles. The van der Waals surface area contributed by atoms with Gasteiger partial charge in [0.1, 0.15) is 9.81 Å². The molecule has 1 atom stereocenters. The fraction of sp³-hybridized carbons (Fsp3) is 0.692. The fourth-order valence-electron chi connectivity index (χ4n) is 2.72. The van der Waals surface area contributed by atoms with Crippen LogP contribution in [0.1, 0.15) is 5.56 Å². The summed E-state index contributed by atoms with van der Waals surface area (Å²) >= 11 is 1.27. The van der Waals surface area contributed by atoms with Crippen LogP contribution < -0.4 is 5.32 Å². The molecule has 8 heteroatoms. The van der Waals surface area contributed by atoms with Crippen molar-refractivity contribution in [2.75, 3.05) is 46.0 Å². The Morgan fingerprint density at radius 3 is 3.05 bits per heavy atom. The van der Waals surface area contributed by atoms with Gasteiger partial charge in [-0.05, 0) is 23.9 Å². The van der Waals surface area contributed by atoms with Crippen molar-refractivity contribution in [1.29, 1.82) is 0 Å². The number of nitrogens with one attached hydrogen (secondary N) is 1. The Kier molecular flexibility index (Phi) is 4.35. The SMILES string of the molecule is Cc1ccsc1S(=O)(=O)N1CCO[C@]2(CNCCOC2)C1. The zero-order valence-electron chi connectivity index (χ0n) is 12.0. The average molecular weight is 332 g/mol. The predicted octanol–water partition coefficient (Wildman–Crippen LogP) is 0.436. The second-order valence-electron chi connectivity index (χ2n) is 5.49. The normalized spacial score (nSPS) is 28.6. The topological polar surface area (TPSA) is 67.9 Å². The molecule has 1 spiro atoms. The first kappa shape index (κ1) is 15.4. The lowest BCUT2D eigenvalue weighted by molar-refractivity contribution is -0.118. The molecule has 0 aliphatic carbocycles. The lowest BCUT2D eigenvalue weighted by Gasteiger charge is -2.40. The molecule has 21 heavy (non-hydrogen) atoms. The smallest absolute Gasteiger partial charge is 0.252 e. The fourth-order valence-corrected chi connectivity index (χ4v) is 5.77. The van der Waals surface area contributed by atoms with Crippen molar-refractivity contribution < 1.29 is 17.9 Å². The van der Waals surface area contributed by atoms with E-state index in [-0.39, 0.29) is 0 Å². The molecule has 0 bridgehead atoms. The standard InChI is InChI=1S/C13H20N2O4S2/c1-11-2-7-20-12(11)21(16,17)15-4-6-19-13(9-15)8-14-3-5-18-10-13/h2,7,14H,3-6,8-10H2,1H3/t13-/m1/s1. The molecule has 2 saturated heterocycles. The maximum atomic E-state index is 12.8. The highest BCUT2D eigenvalue weighted by Crippen LogP contribution is 2.29. The van der Waals surface area contributed by atoms with E-state index in [1.54, 1.807) is 0 Å². The second kappa shape index (κ2) is 5.94. The van der Waals surface area contributed by atoms with Gasteiger partial charge in [-0.2, -0.15) is 4.31 Å². The Morgan fingerprint density at radius 2 is 2.29 bits per heavy atom. The molecule has 3 rings (SSSR count). The predicted molar refractivity (Wildman–Crippen MR) is 80.2 cm³/mol. The van der Waals surface area contributed by atoms with E-state index in [1.807, 2.05) is 18.4 Å². The molecular formula is C13H20N2O4S2. The Morgan fingerprint density at radius 1 is 1.43 bits per heavy atom. The molecule has 2 aliphatic rings. The van der Waals surface area contributed by atoms with Crippen molar-refractivity contribution in [3.63, 3.8) is 0 Å². The summed E-state index contributed by atoms with van der Waals surface area (Å²) in [7, 11) is -3.45. The van der Waals surface area contributed by atoms with Crippen molar-refractivity contribution in [3.05, 3.63) is 17.0 Å². The maximum absolute atomic E-state index is 12.8. The highest BCUT2D eigenvalue weighted by atomic mass is 32.2. The summed E-state index contributed by atoms with van der Waals surface area (Å²) in [6, 6.07) is 1.84. The van der Waals surface area contributed by atoms with Gasteiger partial charge in [-0.1, -0.05) is 0 Å². The van der Waals surface area contributed by atoms with E-state index in [0.29, 0.717) is 43.7 Å². The third-order valence-electron chi connectivity index (χ3n) is 3.84. The minimum Gasteiger partial charge on any atom is -0.377 e. The van der Waals surface area contributed by atoms with E-state index in [1.165, 1.54) is 15.6 Å². The van der Waals surface area contributed by atoms with Crippen molar-refractivity contribution >= 4 is 21.4 Å². The van der Waals surface area contributed by atoms with Crippen LogP contribution >= 0.6 is 11.3 Å². The van der Waals surface area contributed by atoms with Crippen LogP contribution in [0.15, 0.2) is 15.7 Å². The van der Waals surface area contributed by atoms with E-state index in [9.17, 15) is 8.42 Å². The van der Waals surface area contributed by atoms with E-state index in [0.717, 1.165) is 12.1 Å². The van der Waals surface area contributed by atoms with E-state index in [4.69, 9.17) is 9.47 Å². The Labute approximate surface area is 129 Å². The molecule has 1 aromatic rings.